The van der Waals surface area contributed by atoms with E-state index in [1.54, 1.807) is 0 Å². The Morgan fingerprint density at radius 1 is 1.16 bits per heavy atom. The summed E-state index contributed by atoms with van der Waals surface area (Å²) in [4.78, 5) is 4.45. The molecule has 3 heteroatoms. The first-order valence-corrected chi connectivity index (χ1v) is 7.23. The van der Waals surface area contributed by atoms with E-state index < -0.39 is 0 Å². The van der Waals surface area contributed by atoms with E-state index in [0.717, 1.165) is 24.7 Å². The van der Waals surface area contributed by atoms with Gasteiger partial charge in [-0.15, -0.1) is 0 Å². The molecule has 0 aliphatic heterocycles. The highest BCUT2D eigenvalue weighted by Crippen LogP contribution is 2.16. The zero-order chi connectivity index (χ0) is 14.4. The van der Waals surface area contributed by atoms with Gasteiger partial charge in [0.1, 0.15) is 0 Å². The van der Waals surface area contributed by atoms with Crippen LogP contribution in [0.3, 0.4) is 0 Å². The SMILES string of the molecule is Cc1cc(CNCC(C)C)cc(OC(C)C(C)C)n1. The number of pyridine rings is 1. The van der Waals surface area contributed by atoms with E-state index in [1.807, 2.05) is 13.0 Å². The minimum absolute atomic E-state index is 0.186. The molecule has 1 heterocycles. The monoisotopic (exact) mass is 264 g/mol. The van der Waals surface area contributed by atoms with Gasteiger partial charge in [-0.3, -0.25) is 0 Å². The van der Waals surface area contributed by atoms with Crippen molar-refractivity contribution in [1.29, 1.82) is 0 Å². The fraction of sp³-hybridized carbons (Fsp3) is 0.688. The molecule has 1 aromatic heterocycles. The van der Waals surface area contributed by atoms with Crippen molar-refractivity contribution in [3.63, 3.8) is 0 Å². The minimum atomic E-state index is 0.186. The van der Waals surface area contributed by atoms with Crippen LogP contribution in [-0.2, 0) is 6.54 Å². The van der Waals surface area contributed by atoms with Crippen LogP contribution in [0.1, 0.15) is 45.9 Å². The molecule has 1 aromatic rings. The summed E-state index contributed by atoms with van der Waals surface area (Å²) < 4.78 is 5.89. The Morgan fingerprint density at radius 2 is 1.84 bits per heavy atom. The molecule has 1 atom stereocenters. The summed E-state index contributed by atoms with van der Waals surface area (Å²) in [6.07, 6.45) is 0.186. The molecule has 0 bridgehead atoms. The Labute approximate surface area is 117 Å². The van der Waals surface area contributed by atoms with Gasteiger partial charge < -0.3 is 10.1 Å². The molecule has 0 saturated heterocycles. The van der Waals surface area contributed by atoms with Crippen molar-refractivity contribution in [1.82, 2.24) is 10.3 Å². The third kappa shape index (κ3) is 6.06. The summed E-state index contributed by atoms with van der Waals surface area (Å²) in [7, 11) is 0. The van der Waals surface area contributed by atoms with Gasteiger partial charge in [0.15, 0.2) is 0 Å². The van der Waals surface area contributed by atoms with E-state index in [4.69, 9.17) is 4.74 Å². The highest BCUT2D eigenvalue weighted by molar-refractivity contribution is 5.24. The average Bonchev–Trinajstić information content (AvgIpc) is 2.27. The highest BCUT2D eigenvalue weighted by Gasteiger charge is 2.10. The van der Waals surface area contributed by atoms with E-state index in [9.17, 15) is 0 Å². The second-order valence-corrected chi connectivity index (χ2v) is 6.05. The molecule has 0 amide bonds. The lowest BCUT2D eigenvalue weighted by atomic mass is 10.1. The standard InChI is InChI=1S/C16H28N2O/c1-11(2)9-17-10-15-7-13(5)18-16(8-15)19-14(6)12(3)4/h7-8,11-12,14,17H,9-10H2,1-6H3. The minimum Gasteiger partial charge on any atom is -0.474 e. The van der Waals surface area contributed by atoms with E-state index in [-0.39, 0.29) is 6.10 Å². The molecular formula is C16H28N2O. The summed E-state index contributed by atoms with van der Waals surface area (Å²) in [5.74, 6) is 1.90. The van der Waals surface area contributed by atoms with Crippen LogP contribution in [0, 0.1) is 18.8 Å². The van der Waals surface area contributed by atoms with Crippen molar-refractivity contribution in [3.05, 3.63) is 23.4 Å². The number of rotatable bonds is 7. The molecule has 0 aromatic carbocycles. The number of nitrogens with one attached hydrogen (secondary N) is 1. The zero-order valence-corrected chi connectivity index (χ0v) is 13.2. The maximum absolute atomic E-state index is 5.89. The smallest absolute Gasteiger partial charge is 0.214 e. The number of nitrogens with zero attached hydrogens (tertiary/aromatic N) is 1. The molecule has 0 saturated carbocycles. The topological polar surface area (TPSA) is 34.1 Å². The van der Waals surface area contributed by atoms with Gasteiger partial charge in [-0.1, -0.05) is 27.7 Å². The number of hydrogen-bond acceptors (Lipinski definition) is 3. The number of aryl methyl sites for hydroxylation is 1. The summed E-state index contributed by atoms with van der Waals surface area (Å²) in [5, 5.41) is 3.45. The lowest BCUT2D eigenvalue weighted by Gasteiger charge is -2.18. The van der Waals surface area contributed by atoms with Crippen molar-refractivity contribution < 1.29 is 4.74 Å². The normalized spacial score (nSPS) is 13.1. The fourth-order valence-corrected chi connectivity index (χ4v) is 1.70. The Hall–Kier alpha value is -1.09. The Balaban J connectivity index is 2.65. The van der Waals surface area contributed by atoms with Gasteiger partial charge in [-0.05, 0) is 43.9 Å². The molecule has 3 nitrogen and oxygen atoms in total. The zero-order valence-electron chi connectivity index (χ0n) is 13.2. The summed E-state index contributed by atoms with van der Waals surface area (Å²) in [6, 6.07) is 4.15. The Bertz CT molecular complexity index is 388. The van der Waals surface area contributed by atoms with Crippen LogP contribution in [0.4, 0.5) is 0 Å². The quantitative estimate of drug-likeness (QED) is 0.817. The van der Waals surface area contributed by atoms with Crippen molar-refractivity contribution in [2.45, 2.75) is 54.2 Å². The molecule has 0 radical (unpaired) electrons. The third-order valence-electron chi connectivity index (χ3n) is 3.12. The Morgan fingerprint density at radius 3 is 2.42 bits per heavy atom. The molecule has 0 aliphatic carbocycles. The van der Waals surface area contributed by atoms with Crippen molar-refractivity contribution in [3.8, 4) is 5.88 Å². The van der Waals surface area contributed by atoms with Crippen LogP contribution in [0.5, 0.6) is 5.88 Å². The van der Waals surface area contributed by atoms with Gasteiger partial charge in [0.25, 0.3) is 0 Å². The number of aromatic nitrogens is 1. The first-order chi connectivity index (χ1) is 8.88. The lowest BCUT2D eigenvalue weighted by Crippen LogP contribution is -2.21. The van der Waals surface area contributed by atoms with Crippen LogP contribution >= 0.6 is 0 Å². The van der Waals surface area contributed by atoms with Gasteiger partial charge in [0.05, 0.1) is 6.10 Å². The van der Waals surface area contributed by atoms with Gasteiger partial charge in [-0.2, -0.15) is 0 Å². The highest BCUT2D eigenvalue weighted by atomic mass is 16.5. The predicted molar refractivity (Wildman–Crippen MR) is 80.4 cm³/mol. The summed E-state index contributed by atoms with van der Waals surface area (Å²) >= 11 is 0. The van der Waals surface area contributed by atoms with Crippen molar-refractivity contribution in [2.24, 2.45) is 11.8 Å². The maximum atomic E-state index is 5.89. The van der Waals surface area contributed by atoms with Crippen LogP contribution in [0.25, 0.3) is 0 Å². The van der Waals surface area contributed by atoms with E-state index in [0.29, 0.717) is 11.8 Å². The molecule has 0 spiro atoms. The molecule has 0 aliphatic rings. The largest absolute Gasteiger partial charge is 0.474 e. The Kier molecular flexibility index (Phi) is 6.29. The number of ether oxygens (including phenoxy) is 1. The maximum Gasteiger partial charge on any atom is 0.214 e. The fourth-order valence-electron chi connectivity index (χ4n) is 1.70. The summed E-state index contributed by atoms with van der Waals surface area (Å²) in [5.41, 5.74) is 2.24. The van der Waals surface area contributed by atoms with E-state index >= 15 is 0 Å². The predicted octanol–water partition coefficient (Wildman–Crippen LogP) is 3.56. The van der Waals surface area contributed by atoms with Gasteiger partial charge in [-0.25, -0.2) is 4.98 Å². The first kappa shape index (κ1) is 16.0. The molecule has 1 unspecified atom stereocenters. The molecule has 1 N–H and O–H groups in total. The molecule has 108 valence electrons. The van der Waals surface area contributed by atoms with Crippen molar-refractivity contribution in [2.75, 3.05) is 6.54 Å². The van der Waals surface area contributed by atoms with Crippen LogP contribution in [-0.4, -0.2) is 17.6 Å². The molecule has 19 heavy (non-hydrogen) atoms. The molecular weight excluding hydrogens is 236 g/mol. The number of hydrogen-bond donors (Lipinski definition) is 1. The van der Waals surface area contributed by atoms with Crippen LogP contribution < -0.4 is 10.1 Å². The van der Waals surface area contributed by atoms with Crippen LogP contribution in [0.15, 0.2) is 12.1 Å². The molecule has 0 fully saturated rings. The van der Waals surface area contributed by atoms with Gasteiger partial charge in [0, 0.05) is 18.3 Å². The summed E-state index contributed by atoms with van der Waals surface area (Å²) in [6.45, 7) is 14.7. The first-order valence-electron chi connectivity index (χ1n) is 7.23. The second-order valence-electron chi connectivity index (χ2n) is 6.05. The van der Waals surface area contributed by atoms with Gasteiger partial charge >= 0.3 is 0 Å². The molecule has 1 rings (SSSR count). The van der Waals surface area contributed by atoms with E-state index in [1.165, 1.54) is 5.56 Å². The van der Waals surface area contributed by atoms with Crippen molar-refractivity contribution >= 4 is 0 Å². The second kappa shape index (κ2) is 7.49. The van der Waals surface area contributed by atoms with E-state index in [2.05, 4.69) is 51.0 Å². The van der Waals surface area contributed by atoms with Crippen LogP contribution in [0.2, 0.25) is 0 Å². The average molecular weight is 264 g/mol. The lowest BCUT2D eigenvalue weighted by molar-refractivity contribution is 0.163. The third-order valence-corrected chi connectivity index (χ3v) is 3.12. The van der Waals surface area contributed by atoms with Gasteiger partial charge in [0.2, 0.25) is 5.88 Å².